The van der Waals surface area contributed by atoms with Crippen molar-refractivity contribution in [3.8, 4) is 0 Å². The van der Waals surface area contributed by atoms with Crippen molar-refractivity contribution in [2.24, 2.45) is 0 Å². The molecule has 0 aliphatic carbocycles. The van der Waals surface area contributed by atoms with Crippen LogP contribution in [0.2, 0.25) is 0 Å². The number of carbonyl (C=O) groups excluding carboxylic acids is 2. The maximum absolute atomic E-state index is 11.0. The molecule has 2 heterocycles. The van der Waals surface area contributed by atoms with Crippen LogP contribution in [0.4, 0.5) is 0 Å². The number of esters is 2. The van der Waals surface area contributed by atoms with Crippen LogP contribution in [-0.2, 0) is 9.47 Å². The zero-order valence-electron chi connectivity index (χ0n) is 14.5. The second-order valence-electron chi connectivity index (χ2n) is 4.46. The van der Waals surface area contributed by atoms with E-state index in [-0.39, 0.29) is 17.0 Å². The molecule has 0 fully saturated rings. The molecular formula is C16H14I2N2O8. The van der Waals surface area contributed by atoms with Crippen molar-refractivity contribution in [3.63, 3.8) is 0 Å². The molecule has 10 nitrogen and oxygen atoms in total. The molecule has 0 aromatic carbocycles. The third-order valence-electron chi connectivity index (χ3n) is 2.81. The lowest BCUT2D eigenvalue weighted by atomic mass is 10.2. The van der Waals surface area contributed by atoms with Gasteiger partial charge in [0, 0.05) is 49.6 Å². The summed E-state index contributed by atoms with van der Waals surface area (Å²) in [4.78, 5) is 49.7. The Hall–Kier alpha value is -2.36. The van der Waals surface area contributed by atoms with Gasteiger partial charge in [-0.2, -0.15) is 0 Å². The Morgan fingerprint density at radius 2 is 1.21 bits per heavy atom. The lowest BCUT2D eigenvalue weighted by Crippen LogP contribution is -2.07. The van der Waals surface area contributed by atoms with E-state index < -0.39 is 23.9 Å². The minimum Gasteiger partial charge on any atom is -0.478 e. The molecule has 2 N–H and O–H groups in total. The van der Waals surface area contributed by atoms with Gasteiger partial charge in [-0.25, -0.2) is 29.1 Å². The zero-order valence-corrected chi connectivity index (χ0v) is 18.8. The van der Waals surface area contributed by atoms with Crippen molar-refractivity contribution in [2.45, 2.75) is 0 Å². The minimum atomic E-state index is -1.17. The number of methoxy groups -OCH3 is 2. The van der Waals surface area contributed by atoms with Crippen molar-refractivity contribution in [2.75, 3.05) is 14.2 Å². The minimum absolute atomic E-state index is 0.0278. The SMILES string of the molecule is COC(=O)c1ccc(C(=O)OC)nc1.II.O=C(O)c1ccc(C(=O)O)nc1. The highest BCUT2D eigenvalue weighted by Crippen LogP contribution is 2.03. The fourth-order valence-electron chi connectivity index (χ4n) is 1.50. The van der Waals surface area contributed by atoms with Gasteiger partial charge in [0.25, 0.3) is 0 Å². The average molecular weight is 616 g/mol. The van der Waals surface area contributed by atoms with Crippen LogP contribution in [0, 0.1) is 0 Å². The zero-order chi connectivity index (χ0) is 21.7. The number of hydrogen-bond acceptors (Lipinski definition) is 8. The van der Waals surface area contributed by atoms with Gasteiger partial charge in [0.05, 0.1) is 25.3 Å². The van der Waals surface area contributed by atoms with Crippen LogP contribution in [0.15, 0.2) is 36.7 Å². The lowest BCUT2D eigenvalue weighted by Gasteiger charge is -2.00. The Balaban J connectivity index is 0.000000483. The van der Waals surface area contributed by atoms with E-state index in [1.807, 2.05) is 0 Å². The maximum atomic E-state index is 11.0. The smallest absolute Gasteiger partial charge is 0.356 e. The standard InChI is InChI=1S/C9H9NO4.C7H5NO4.I2/c1-13-8(11)6-3-4-7(10-5-6)9(12)14-2;9-6(10)4-1-2-5(7(11)12)8-3-4;1-2/h3-5H,1-2H3;1-3H,(H,9,10)(H,11,12);. The summed E-state index contributed by atoms with van der Waals surface area (Å²) in [5, 5.41) is 16.8. The van der Waals surface area contributed by atoms with Crippen molar-refractivity contribution in [1.29, 1.82) is 0 Å². The summed E-state index contributed by atoms with van der Waals surface area (Å²) in [5.41, 5.74) is 0.250. The number of pyridine rings is 2. The number of aromatic nitrogens is 2. The number of aromatic carboxylic acids is 2. The van der Waals surface area contributed by atoms with E-state index in [2.05, 4.69) is 56.7 Å². The average Bonchev–Trinajstić information content (AvgIpc) is 2.74. The number of carboxylic acid groups (broad SMARTS) is 2. The monoisotopic (exact) mass is 616 g/mol. The fourth-order valence-corrected chi connectivity index (χ4v) is 1.50. The third kappa shape index (κ3) is 8.55. The molecule has 0 radical (unpaired) electrons. The van der Waals surface area contributed by atoms with Gasteiger partial charge in [-0.1, -0.05) is 0 Å². The van der Waals surface area contributed by atoms with Gasteiger partial charge in [0.15, 0.2) is 0 Å². The third-order valence-corrected chi connectivity index (χ3v) is 2.81. The summed E-state index contributed by atoms with van der Waals surface area (Å²) in [5.74, 6) is -3.33. The highest BCUT2D eigenvalue weighted by molar-refractivity contribution is 15.0. The van der Waals surface area contributed by atoms with Crippen molar-refractivity contribution < 1.29 is 38.9 Å². The number of carbonyl (C=O) groups is 4. The fraction of sp³-hybridized carbons (Fsp3) is 0.125. The molecule has 0 spiro atoms. The molecule has 0 amide bonds. The Morgan fingerprint density at radius 3 is 1.57 bits per heavy atom. The van der Waals surface area contributed by atoms with Crippen molar-refractivity contribution in [1.82, 2.24) is 9.97 Å². The second-order valence-corrected chi connectivity index (χ2v) is 4.46. The predicted molar refractivity (Wildman–Crippen MR) is 113 cm³/mol. The largest absolute Gasteiger partial charge is 0.478 e. The molecule has 28 heavy (non-hydrogen) atoms. The quantitative estimate of drug-likeness (QED) is 0.388. The first-order valence-corrected chi connectivity index (χ1v) is 13.3. The van der Waals surface area contributed by atoms with Gasteiger partial charge < -0.3 is 19.7 Å². The lowest BCUT2D eigenvalue weighted by molar-refractivity contribution is 0.0581. The molecule has 0 bridgehead atoms. The van der Waals surface area contributed by atoms with E-state index >= 15 is 0 Å². The molecule has 12 heteroatoms. The Kier molecular flexibility index (Phi) is 12.6. The second kappa shape index (κ2) is 13.8. The van der Waals surface area contributed by atoms with Crippen LogP contribution in [0.5, 0.6) is 0 Å². The molecule has 0 saturated heterocycles. The molecular weight excluding hydrogens is 602 g/mol. The van der Waals surface area contributed by atoms with Gasteiger partial charge in [-0.05, 0) is 24.3 Å². The number of halogens is 2. The normalized spacial score (nSPS) is 8.86. The number of hydrogen-bond donors (Lipinski definition) is 2. The molecule has 2 rings (SSSR count). The summed E-state index contributed by atoms with van der Waals surface area (Å²) in [6.07, 6.45) is 2.27. The van der Waals surface area contributed by atoms with Gasteiger partial charge in [0.2, 0.25) is 0 Å². The van der Waals surface area contributed by atoms with E-state index in [9.17, 15) is 19.2 Å². The van der Waals surface area contributed by atoms with E-state index in [4.69, 9.17) is 10.2 Å². The first-order valence-electron chi connectivity index (χ1n) is 6.99. The van der Waals surface area contributed by atoms with Crippen LogP contribution in [0.25, 0.3) is 0 Å². The number of nitrogens with zero attached hydrogens (tertiary/aromatic N) is 2. The van der Waals surface area contributed by atoms with Crippen LogP contribution in [-0.4, -0.2) is 58.3 Å². The Bertz CT molecular complexity index is 742. The van der Waals surface area contributed by atoms with E-state index in [0.29, 0.717) is 5.56 Å². The molecule has 0 unspecified atom stereocenters. The predicted octanol–water partition coefficient (Wildman–Crippen LogP) is 2.90. The van der Waals surface area contributed by atoms with Crippen LogP contribution in [0.1, 0.15) is 41.7 Å². The summed E-state index contributed by atoms with van der Waals surface area (Å²) in [6.45, 7) is 0. The van der Waals surface area contributed by atoms with E-state index in [1.165, 1.54) is 38.6 Å². The molecule has 0 aliphatic rings. The first kappa shape index (κ1) is 25.6. The summed E-state index contributed by atoms with van der Waals surface area (Å²) >= 11 is 4.24. The van der Waals surface area contributed by atoms with Gasteiger partial charge in [0.1, 0.15) is 11.4 Å². The molecule has 2 aromatic rings. The molecule has 0 atom stereocenters. The van der Waals surface area contributed by atoms with Gasteiger partial charge >= 0.3 is 23.9 Å². The topological polar surface area (TPSA) is 153 Å². The number of ether oxygens (including phenoxy) is 2. The van der Waals surface area contributed by atoms with E-state index in [1.54, 1.807) is 0 Å². The van der Waals surface area contributed by atoms with Gasteiger partial charge in [-0.15, -0.1) is 0 Å². The van der Waals surface area contributed by atoms with Crippen molar-refractivity contribution in [3.05, 3.63) is 59.2 Å². The highest BCUT2D eigenvalue weighted by atomic mass is 128. The molecule has 2 aromatic heterocycles. The number of rotatable bonds is 4. The van der Waals surface area contributed by atoms with Crippen molar-refractivity contribution >= 4 is 61.1 Å². The van der Waals surface area contributed by atoms with E-state index in [0.717, 1.165) is 12.3 Å². The molecule has 150 valence electrons. The Morgan fingerprint density at radius 1 is 0.750 bits per heavy atom. The highest BCUT2D eigenvalue weighted by Gasteiger charge is 2.09. The summed E-state index contributed by atoms with van der Waals surface area (Å²) < 4.78 is 8.91. The molecule has 0 saturated carbocycles. The number of carboxylic acids is 2. The molecule has 0 aliphatic heterocycles. The summed E-state index contributed by atoms with van der Waals surface area (Å²) in [7, 11) is 2.54. The van der Waals surface area contributed by atoms with Crippen LogP contribution in [0.3, 0.4) is 0 Å². The maximum Gasteiger partial charge on any atom is 0.356 e. The van der Waals surface area contributed by atoms with Gasteiger partial charge in [-0.3, -0.25) is 0 Å². The first-order chi connectivity index (χ1) is 13.3. The Labute approximate surface area is 182 Å². The summed E-state index contributed by atoms with van der Waals surface area (Å²) in [6, 6.07) is 5.19. The van der Waals surface area contributed by atoms with Crippen LogP contribution < -0.4 is 0 Å². The van der Waals surface area contributed by atoms with Crippen LogP contribution >= 0.6 is 37.2 Å².